The molecular weight excluding hydrogens is 1200 g/mol. The SMILES string of the molecule is CC1OC(OC2C(OC3C(C)OC(OC4C(O)C(CO)OC(O[C@H]5CC6C(=CC[C@@]7(C)C6CC[C@@H]7[C@@](C)(O)[C@@H]6OC6[C@@H](C)C(C)C)[C@@]6(C)CC[C@H](OS(=O)(=O)[O-])CC56)C4O)C(OC4OC(C)C(O)C(O)C4O)C3O)OC(C)C(O)C2O)C(O)C(O)C1O.[Na+]. The smallest absolute Gasteiger partial charge is 0.726 e. The summed E-state index contributed by atoms with van der Waals surface area (Å²) in [6, 6.07) is 0. The maximum Gasteiger partial charge on any atom is 1.00 e. The minimum atomic E-state index is -5.15. The van der Waals surface area contributed by atoms with Gasteiger partial charge in [-0.15, -0.1) is 0 Å². The molecule has 6 saturated heterocycles. The van der Waals surface area contributed by atoms with Gasteiger partial charge in [0.2, 0.25) is 10.4 Å². The van der Waals surface area contributed by atoms with Gasteiger partial charge >= 0.3 is 29.6 Å². The van der Waals surface area contributed by atoms with Gasteiger partial charge in [-0.3, -0.25) is 4.18 Å². The molecule has 0 spiro atoms. The van der Waals surface area contributed by atoms with Gasteiger partial charge in [0.25, 0.3) is 0 Å². The Kier molecular flexibility index (Phi) is 22.3. The van der Waals surface area contributed by atoms with Gasteiger partial charge < -0.3 is 123 Å². The zero-order valence-electron chi connectivity index (χ0n) is 51.8. The summed E-state index contributed by atoms with van der Waals surface area (Å²) in [4.78, 5) is 0. The predicted molar refractivity (Wildman–Crippen MR) is 292 cm³/mol. The van der Waals surface area contributed by atoms with E-state index in [4.69, 9.17) is 56.3 Å². The molecule has 10 rings (SSSR count). The van der Waals surface area contributed by atoms with Crippen molar-refractivity contribution in [1.82, 2.24) is 0 Å². The van der Waals surface area contributed by atoms with Crippen LogP contribution in [-0.2, 0) is 66.7 Å². The molecule has 0 radical (unpaired) electrons. The third-order valence-electron chi connectivity index (χ3n) is 22.1. The Hall–Kier alpha value is -0.350. The number of ether oxygens (including phenoxy) is 11. The van der Waals surface area contributed by atoms with Gasteiger partial charge in [0.1, 0.15) is 104 Å². The number of hydrogen-bond acceptors (Lipinski definition) is 28. The summed E-state index contributed by atoms with van der Waals surface area (Å²) in [5.41, 5.74) is -1.10. The molecule has 29 unspecified atom stereocenters. The first kappa shape index (κ1) is 71.9. The zero-order valence-corrected chi connectivity index (χ0v) is 54.6. The summed E-state index contributed by atoms with van der Waals surface area (Å²) in [6.07, 6.45) is -39.3. The first-order valence-corrected chi connectivity index (χ1v) is 32.3. The molecule has 13 N–H and O–H groups in total. The molecule has 30 heteroatoms. The standard InChI is InChI=1S/C58H96O28S.Na/c1-20(2)21(3)45-50(81-45)58(10,71)33-12-11-28-27-18-31(30-17-26(86-87(72,73)74)13-15-56(30,8)29(27)14-16-57(28,33)9)79-53-44(70)47(37(63)32(19-59)80-53)83-55-49(85-52-42(68)39(65)35(61)23(5)76-52)43(69)46(25(7)78-55)82-54-48(40(66)36(62)24(6)77-54)84-51-41(67)38(64)34(60)22(4)75-51;/h14,20-28,30-55,59-71H,11-13,15-19H2,1-10H3,(H,72,73,74);/q;+1/p-1/t21-,22?,23?,24?,25?,26-,27?,28?,30?,31-,32?,33-,34?,35?,36?,37?,38?,39?,40?,41?,42?,43?,44?,45?,46?,47?,48?,49?,50+,51?,52?,53?,54?,55?,56+,57-,58+;/m0./s1. The van der Waals surface area contributed by atoms with E-state index in [1.165, 1.54) is 27.7 Å². The molecule has 0 aromatic rings. The van der Waals surface area contributed by atoms with E-state index >= 15 is 0 Å². The normalized spacial score (nSPS) is 53.4. The Morgan fingerprint density at radius 3 is 1.67 bits per heavy atom. The minimum absolute atomic E-state index is 0. The van der Waals surface area contributed by atoms with E-state index in [2.05, 4.69) is 40.7 Å². The van der Waals surface area contributed by atoms with Crippen molar-refractivity contribution in [2.24, 2.45) is 46.3 Å². The number of aliphatic hydroxyl groups is 13. The minimum Gasteiger partial charge on any atom is -0.726 e. The van der Waals surface area contributed by atoms with E-state index in [0.717, 1.165) is 12.0 Å². The molecule has 37 atom stereocenters. The molecule has 0 aromatic heterocycles. The summed E-state index contributed by atoms with van der Waals surface area (Å²) >= 11 is 0. The van der Waals surface area contributed by atoms with Crippen molar-refractivity contribution >= 4 is 10.4 Å². The van der Waals surface area contributed by atoms with Crippen LogP contribution in [0.15, 0.2) is 11.6 Å². The van der Waals surface area contributed by atoms with Crippen LogP contribution in [0.2, 0.25) is 0 Å². The second kappa shape index (κ2) is 27.3. The maximum absolute atomic E-state index is 12.5. The Morgan fingerprint density at radius 2 is 1.11 bits per heavy atom. The van der Waals surface area contributed by atoms with Crippen LogP contribution in [-0.4, -0.2) is 270 Å². The quantitative estimate of drug-likeness (QED) is 0.0212. The fraction of sp³-hybridized carbons (Fsp3) is 0.966. The molecule has 88 heavy (non-hydrogen) atoms. The van der Waals surface area contributed by atoms with Crippen LogP contribution in [0.3, 0.4) is 0 Å². The molecule has 9 fully saturated rings. The third kappa shape index (κ3) is 13.4. The molecule has 0 amide bonds. The van der Waals surface area contributed by atoms with Gasteiger partial charge in [-0.05, 0) is 126 Å². The second-order valence-corrected chi connectivity index (χ2v) is 28.8. The number of epoxide rings is 1. The second-order valence-electron chi connectivity index (χ2n) is 27.8. The molecule has 0 aromatic carbocycles. The molecule has 3 saturated carbocycles. The molecular formula is C58H95NaO28S. The van der Waals surface area contributed by atoms with Crippen molar-refractivity contribution in [3.8, 4) is 0 Å². The summed E-state index contributed by atoms with van der Waals surface area (Å²) in [6.45, 7) is 17.3. The molecule has 4 aliphatic carbocycles. The van der Waals surface area contributed by atoms with E-state index in [1.807, 2.05) is 6.92 Å². The molecule has 10 aliphatic rings. The average Bonchev–Trinajstić information content (AvgIpc) is 1.46. The topological polar surface area (TPSA) is 434 Å². The van der Waals surface area contributed by atoms with Crippen LogP contribution in [0.1, 0.15) is 114 Å². The monoisotopic (exact) mass is 1290 g/mol. The summed E-state index contributed by atoms with van der Waals surface area (Å²) < 4.78 is 109. The van der Waals surface area contributed by atoms with Crippen LogP contribution in [0.5, 0.6) is 0 Å². The molecule has 6 heterocycles. The first-order valence-electron chi connectivity index (χ1n) is 31.0. The van der Waals surface area contributed by atoms with Crippen LogP contribution >= 0.6 is 0 Å². The number of allylic oxidation sites excluding steroid dienone is 2. The van der Waals surface area contributed by atoms with Crippen molar-refractivity contribution < 1.29 is 165 Å². The number of hydrogen-bond donors (Lipinski definition) is 13. The molecule has 28 nitrogen and oxygen atoms in total. The maximum atomic E-state index is 12.5. The van der Waals surface area contributed by atoms with E-state index in [1.54, 1.807) is 0 Å². The molecule has 0 bridgehead atoms. The molecule has 6 aliphatic heterocycles. The number of fused-ring (bicyclic) bond motifs is 5. The van der Waals surface area contributed by atoms with Crippen molar-refractivity contribution in [3.05, 3.63) is 11.6 Å². The van der Waals surface area contributed by atoms with Crippen molar-refractivity contribution in [3.63, 3.8) is 0 Å². The fourth-order valence-corrected chi connectivity index (χ4v) is 17.0. The first-order chi connectivity index (χ1) is 40.6. The Morgan fingerprint density at radius 1 is 0.602 bits per heavy atom. The van der Waals surface area contributed by atoms with Crippen LogP contribution in [0.4, 0.5) is 0 Å². The molecule has 502 valence electrons. The van der Waals surface area contributed by atoms with E-state index < -0.39 is 205 Å². The van der Waals surface area contributed by atoms with Gasteiger partial charge in [-0.25, -0.2) is 8.42 Å². The Balaban J connectivity index is 0.00000922. The van der Waals surface area contributed by atoms with E-state index in [0.29, 0.717) is 31.6 Å². The van der Waals surface area contributed by atoms with Gasteiger partial charge in [-0.2, -0.15) is 0 Å². The van der Waals surface area contributed by atoms with Gasteiger partial charge in [0.15, 0.2) is 31.5 Å². The van der Waals surface area contributed by atoms with Gasteiger partial charge in [0.05, 0.1) is 54.9 Å². The van der Waals surface area contributed by atoms with Crippen LogP contribution in [0.25, 0.3) is 0 Å². The van der Waals surface area contributed by atoms with Crippen LogP contribution in [0, 0.1) is 46.3 Å². The number of aliphatic hydroxyl groups excluding tert-OH is 12. The van der Waals surface area contributed by atoms with Crippen molar-refractivity contribution in [1.29, 1.82) is 0 Å². The predicted octanol–water partition coefficient (Wildman–Crippen LogP) is -5.57. The summed E-state index contributed by atoms with van der Waals surface area (Å²) in [5.74, 6) is -0.278. The van der Waals surface area contributed by atoms with Gasteiger partial charge in [0, 0.05) is 0 Å². The zero-order chi connectivity index (χ0) is 63.6. The van der Waals surface area contributed by atoms with Crippen molar-refractivity contribution in [2.75, 3.05) is 6.61 Å². The third-order valence-corrected chi connectivity index (χ3v) is 22.6. The largest absolute Gasteiger partial charge is 1.00 e. The summed E-state index contributed by atoms with van der Waals surface area (Å²) in [5, 5.41) is 147. The Labute approximate surface area is 535 Å². The average molecular weight is 1300 g/mol. The Bertz CT molecular complexity index is 2500. The van der Waals surface area contributed by atoms with E-state index in [-0.39, 0.29) is 78.3 Å². The van der Waals surface area contributed by atoms with Gasteiger partial charge in [-0.1, -0.05) is 46.3 Å². The number of rotatable bonds is 17. The van der Waals surface area contributed by atoms with Crippen molar-refractivity contribution in [2.45, 2.75) is 298 Å². The van der Waals surface area contributed by atoms with E-state index in [9.17, 15) is 79.4 Å². The van der Waals surface area contributed by atoms with Crippen LogP contribution < -0.4 is 29.6 Å². The summed E-state index contributed by atoms with van der Waals surface area (Å²) in [7, 11) is -5.15. The fourth-order valence-electron chi connectivity index (χ4n) is 16.5.